The third kappa shape index (κ3) is 4.80. The van der Waals surface area contributed by atoms with Crippen LogP contribution in [0, 0.1) is 12.7 Å². The molecule has 0 aliphatic rings. The monoisotopic (exact) mass is 384 g/mol. The van der Waals surface area contributed by atoms with Gasteiger partial charge in [-0.3, -0.25) is 4.79 Å². The molecule has 1 atom stereocenters. The van der Waals surface area contributed by atoms with E-state index in [9.17, 15) is 9.18 Å². The Morgan fingerprint density at radius 2 is 1.85 bits per heavy atom. The summed E-state index contributed by atoms with van der Waals surface area (Å²) in [6.07, 6.45) is 0. The highest BCUT2D eigenvalue weighted by atomic mass is 35.5. The zero-order valence-electron chi connectivity index (χ0n) is 14.8. The van der Waals surface area contributed by atoms with E-state index in [2.05, 4.69) is 20.6 Å². The number of halogens is 2. The van der Waals surface area contributed by atoms with Crippen LogP contribution in [-0.4, -0.2) is 15.9 Å². The Morgan fingerprint density at radius 1 is 1.11 bits per heavy atom. The number of nitrogens with one attached hydrogen (secondary N) is 2. The highest BCUT2D eigenvalue weighted by Gasteiger charge is 2.14. The normalized spacial score (nSPS) is 11.7. The van der Waals surface area contributed by atoms with E-state index in [4.69, 9.17) is 11.6 Å². The van der Waals surface area contributed by atoms with E-state index < -0.39 is 5.82 Å². The first kappa shape index (κ1) is 18.8. The van der Waals surface area contributed by atoms with Crippen LogP contribution in [0.1, 0.15) is 34.7 Å². The molecule has 1 unspecified atom stereocenters. The van der Waals surface area contributed by atoms with E-state index in [0.717, 1.165) is 5.56 Å². The number of hydrogen-bond donors (Lipinski definition) is 2. The molecule has 2 N–H and O–H groups in total. The van der Waals surface area contributed by atoms with Crippen molar-refractivity contribution in [2.24, 2.45) is 0 Å². The molecule has 2 aromatic carbocycles. The van der Waals surface area contributed by atoms with Crippen LogP contribution in [0.5, 0.6) is 0 Å². The van der Waals surface area contributed by atoms with Crippen LogP contribution in [0.4, 0.5) is 16.0 Å². The molecule has 0 aliphatic carbocycles. The zero-order chi connectivity index (χ0) is 19.4. The van der Waals surface area contributed by atoms with Crippen molar-refractivity contribution in [3.05, 3.63) is 82.4 Å². The second-order valence-corrected chi connectivity index (χ2v) is 6.49. The van der Waals surface area contributed by atoms with Gasteiger partial charge in [0.25, 0.3) is 5.91 Å². The topological polar surface area (TPSA) is 66.9 Å². The van der Waals surface area contributed by atoms with Gasteiger partial charge in [0.05, 0.1) is 11.1 Å². The SMILES string of the molecule is Cc1cc(C(=O)NC(C)c2ccccc2)nc(Nc2ccc(F)c(Cl)c2)n1. The summed E-state index contributed by atoms with van der Waals surface area (Å²) >= 11 is 5.79. The molecule has 3 aromatic rings. The Bertz CT molecular complexity index is 965. The summed E-state index contributed by atoms with van der Waals surface area (Å²) in [5, 5.41) is 5.85. The van der Waals surface area contributed by atoms with Gasteiger partial charge in [-0.15, -0.1) is 0 Å². The van der Waals surface area contributed by atoms with Crippen LogP contribution < -0.4 is 10.6 Å². The number of aryl methyl sites for hydroxylation is 1. The van der Waals surface area contributed by atoms with Crippen molar-refractivity contribution in [2.75, 3.05) is 5.32 Å². The van der Waals surface area contributed by atoms with Gasteiger partial charge in [-0.05, 0) is 43.7 Å². The molecular formula is C20H18ClFN4O. The lowest BCUT2D eigenvalue weighted by Crippen LogP contribution is -2.27. The molecule has 0 spiro atoms. The molecule has 0 aliphatic heterocycles. The highest BCUT2D eigenvalue weighted by molar-refractivity contribution is 6.31. The minimum absolute atomic E-state index is 0.0118. The molecular weight excluding hydrogens is 367 g/mol. The number of aromatic nitrogens is 2. The maximum absolute atomic E-state index is 13.3. The minimum Gasteiger partial charge on any atom is -0.344 e. The fourth-order valence-electron chi connectivity index (χ4n) is 2.54. The maximum Gasteiger partial charge on any atom is 0.270 e. The van der Waals surface area contributed by atoms with E-state index in [1.54, 1.807) is 13.0 Å². The maximum atomic E-state index is 13.3. The number of rotatable bonds is 5. The Balaban J connectivity index is 1.78. The molecule has 27 heavy (non-hydrogen) atoms. The number of amides is 1. The summed E-state index contributed by atoms with van der Waals surface area (Å²) in [7, 11) is 0. The number of hydrogen-bond acceptors (Lipinski definition) is 4. The van der Waals surface area contributed by atoms with Crippen LogP contribution >= 0.6 is 11.6 Å². The zero-order valence-corrected chi connectivity index (χ0v) is 15.6. The molecule has 0 fully saturated rings. The lowest BCUT2D eigenvalue weighted by Gasteiger charge is -2.14. The Hall–Kier alpha value is -2.99. The molecule has 1 amide bonds. The Labute approximate surface area is 161 Å². The molecule has 1 heterocycles. The average Bonchev–Trinajstić information content (AvgIpc) is 2.65. The molecule has 5 nitrogen and oxygen atoms in total. The minimum atomic E-state index is -0.512. The van der Waals surface area contributed by atoms with Crippen molar-refractivity contribution in [1.29, 1.82) is 0 Å². The van der Waals surface area contributed by atoms with Crippen LogP contribution in [0.2, 0.25) is 5.02 Å². The molecule has 0 saturated carbocycles. The Kier molecular flexibility index (Phi) is 5.66. The lowest BCUT2D eigenvalue weighted by atomic mass is 10.1. The van der Waals surface area contributed by atoms with Gasteiger partial charge in [-0.25, -0.2) is 14.4 Å². The van der Waals surface area contributed by atoms with Crippen molar-refractivity contribution in [3.8, 4) is 0 Å². The van der Waals surface area contributed by atoms with Crippen LogP contribution in [0.25, 0.3) is 0 Å². The first-order valence-corrected chi connectivity index (χ1v) is 8.74. The fraction of sp³-hybridized carbons (Fsp3) is 0.150. The summed E-state index contributed by atoms with van der Waals surface area (Å²) in [6, 6.07) is 15.3. The van der Waals surface area contributed by atoms with Crippen LogP contribution in [-0.2, 0) is 0 Å². The largest absolute Gasteiger partial charge is 0.344 e. The van der Waals surface area contributed by atoms with Crippen molar-refractivity contribution in [2.45, 2.75) is 19.9 Å². The molecule has 3 rings (SSSR count). The number of benzene rings is 2. The smallest absolute Gasteiger partial charge is 0.270 e. The standard InChI is InChI=1S/C20H18ClFN4O/c1-12-10-18(19(27)24-13(2)14-6-4-3-5-7-14)26-20(23-12)25-15-8-9-17(22)16(21)11-15/h3-11,13H,1-2H3,(H,24,27)(H,23,25,26). The van der Waals surface area contributed by atoms with Gasteiger partial charge in [0.15, 0.2) is 0 Å². The lowest BCUT2D eigenvalue weighted by molar-refractivity contribution is 0.0934. The molecule has 138 valence electrons. The number of anilines is 2. The summed E-state index contributed by atoms with van der Waals surface area (Å²) in [4.78, 5) is 21.1. The van der Waals surface area contributed by atoms with Gasteiger partial charge in [-0.2, -0.15) is 0 Å². The number of nitrogens with zero attached hydrogens (tertiary/aromatic N) is 2. The average molecular weight is 385 g/mol. The molecule has 0 radical (unpaired) electrons. The first-order chi connectivity index (χ1) is 12.9. The van der Waals surface area contributed by atoms with Crippen LogP contribution in [0.3, 0.4) is 0 Å². The number of carbonyl (C=O) groups is 1. The van der Waals surface area contributed by atoms with Gasteiger partial charge in [0.1, 0.15) is 11.5 Å². The van der Waals surface area contributed by atoms with E-state index in [-0.39, 0.29) is 28.6 Å². The van der Waals surface area contributed by atoms with E-state index >= 15 is 0 Å². The molecule has 0 saturated heterocycles. The van der Waals surface area contributed by atoms with Gasteiger partial charge in [0.2, 0.25) is 5.95 Å². The third-order valence-corrected chi connectivity index (χ3v) is 4.20. The Morgan fingerprint density at radius 3 is 2.56 bits per heavy atom. The predicted octanol–water partition coefficient (Wildman–Crippen LogP) is 4.81. The van der Waals surface area contributed by atoms with Crippen molar-refractivity contribution < 1.29 is 9.18 Å². The predicted molar refractivity (Wildman–Crippen MR) is 104 cm³/mol. The van der Waals surface area contributed by atoms with E-state index in [1.165, 1.54) is 18.2 Å². The van der Waals surface area contributed by atoms with Gasteiger partial charge >= 0.3 is 0 Å². The second-order valence-electron chi connectivity index (χ2n) is 6.08. The number of carbonyl (C=O) groups excluding carboxylic acids is 1. The first-order valence-electron chi connectivity index (χ1n) is 8.36. The van der Waals surface area contributed by atoms with E-state index in [0.29, 0.717) is 11.4 Å². The van der Waals surface area contributed by atoms with Gasteiger partial charge in [0, 0.05) is 11.4 Å². The fourth-order valence-corrected chi connectivity index (χ4v) is 2.72. The van der Waals surface area contributed by atoms with E-state index in [1.807, 2.05) is 37.3 Å². The van der Waals surface area contributed by atoms with Gasteiger partial charge < -0.3 is 10.6 Å². The summed E-state index contributed by atoms with van der Waals surface area (Å²) in [5.41, 5.74) is 2.38. The summed E-state index contributed by atoms with van der Waals surface area (Å²) in [6.45, 7) is 3.67. The van der Waals surface area contributed by atoms with Crippen LogP contribution in [0.15, 0.2) is 54.6 Å². The molecule has 1 aromatic heterocycles. The molecule has 0 bridgehead atoms. The second kappa shape index (κ2) is 8.14. The molecule has 7 heteroatoms. The summed E-state index contributed by atoms with van der Waals surface area (Å²) in [5.74, 6) is -0.588. The summed E-state index contributed by atoms with van der Waals surface area (Å²) < 4.78 is 13.3. The van der Waals surface area contributed by atoms with Crippen molar-refractivity contribution in [3.63, 3.8) is 0 Å². The highest BCUT2D eigenvalue weighted by Crippen LogP contribution is 2.22. The van der Waals surface area contributed by atoms with Gasteiger partial charge in [-0.1, -0.05) is 41.9 Å². The van der Waals surface area contributed by atoms with Crippen molar-refractivity contribution >= 4 is 29.1 Å². The third-order valence-electron chi connectivity index (χ3n) is 3.91. The van der Waals surface area contributed by atoms with Crippen molar-refractivity contribution in [1.82, 2.24) is 15.3 Å². The quantitative estimate of drug-likeness (QED) is 0.662.